The molecule has 0 radical (unpaired) electrons. The van der Waals surface area contributed by atoms with Gasteiger partial charge < -0.3 is 19.7 Å². The van der Waals surface area contributed by atoms with Gasteiger partial charge in [-0.1, -0.05) is 13.8 Å². The molecule has 0 aromatic heterocycles. The van der Waals surface area contributed by atoms with Crippen molar-refractivity contribution in [2.45, 2.75) is 45.3 Å². The van der Waals surface area contributed by atoms with Gasteiger partial charge in [-0.15, -0.1) is 0 Å². The largest absolute Gasteiger partial charge is 0.378 e. The van der Waals surface area contributed by atoms with Crippen LogP contribution in [0.4, 0.5) is 0 Å². The van der Waals surface area contributed by atoms with Gasteiger partial charge in [0.15, 0.2) is 0 Å². The molecule has 21 heavy (non-hydrogen) atoms. The third-order valence-corrected chi connectivity index (χ3v) is 4.17. The predicted octanol–water partition coefficient (Wildman–Crippen LogP) is 0.600. The number of nitrogens with zero attached hydrogens (tertiary/aromatic N) is 1. The summed E-state index contributed by atoms with van der Waals surface area (Å²) in [7, 11) is 1.57. The molecule has 0 bridgehead atoms. The topological polar surface area (TPSA) is 75.7 Å². The highest BCUT2D eigenvalue weighted by Gasteiger charge is 2.37. The maximum absolute atomic E-state index is 12.2. The Hall–Kier alpha value is -1.43. The molecule has 6 nitrogen and oxygen atoms in total. The summed E-state index contributed by atoms with van der Waals surface area (Å²) in [6.07, 6.45) is 3.84. The molecular weight excluding hydrogens is 272 g/mol. The second kappa shape index (κ2) is 8.77. The van der Waals surface area contributed by atoms with Crippen LogP contribution in [0.3, 0.4) is 0 Å². The Morgan fingerprint density at radius 3 is 2.71 bits per heavy atom. The minimum Gasteiger partial charge on any atom is -0.378 e. The summed E-state index contributed by atoms with van der Waals surface area (Å²) in [5, 5.41) is 2.83. The lowest BCUT2D eigenvalue weighted by Gasteiger charge is -2.31. The third-order valence-electron chi connectivity index (χ3n) is 4.17. The minimum absolute atomic E-state index is 0.0397. The van der Waals surface area contributed by atoms with E-state index in [0.29, 0.717) is 13.0 Å². The van der Waals surface area contributed by atoms with Crippen molar-refractivity contribution in [3.05, 3.63) is 0 Å². The number of aldehydes is 1. The van der Waals surface area contributed by atoms with Crippen LogP contribution in [-0.2, 0) is 19.1 Å². The van der Waals surface area contributed by atoms with Crippen LogP contribution in [0, 0.1) is 11.8 Å². The van der Waals surface area contributed by atoms with E-state index in [9.17, 15) is 14.4 Å². The number of methoxy groups -OCH3 is 1. The molecule has 1 aliphatic heterocycles. The Balaban J connectivity index is 2.53. The number of carbonyl (C=O) groups is 3. The molecule has 1 fully saturated rings. The molecular formula is C15H26N2O4. The fraction of sp³-hybridized carbons (Fsp3) is 0.800. The number of likely N-dealkylation sites (tertiary alicyclic amines) is 1. The Bertz CT molecular complexity index is 362. The van der Waals surface area contributed by atoms with E-state index in [1.165, 1.54) is 0 Å². The van der Waals surface area contributed by atoms with Crippen molar-refractivity contribution in [3.8, 4) is 0 Å². The average Bonchev–Trinajstić information content (AvgIpc) is 2.95. The number of hydrogen-bond donors (Lipinski definition) is 1. The molecule has 0 saturated carbocycles. The molecule has 4 atom stereocenters. The standard InChI is InChI=1S/C15H26N2O4/c1-11(9-18)6-7-16-15(20)12(2)14(21-3)13-5-4-8-17(13)10-19/h9-14H,4-8H2,1-3H3,(H,16,20)/t11-,12?,13?,14?/m0/s1. The number of nitrogens with one attached hydrogen (secondary N) is 1. The molecule has 1 heterocycles. The predicted molar refractivity (Wildman–Crippen MR) is 78.6 cm³/mol. The summed E-state index contributed by atoms with van der Waals surface area (Å²) in [6, 6.07) is -0.0397. The average molecular weight is 298 g/mol. The second-order valence-electron chi connectivity index (χ2n) is 5.73. The van der Waals surface area contributed by atoms with E-state index in [1.54, 1.807) is 12.0 Å². The Kier molecular flexibility index (Phi) is 7.36. The first kappa shape index (κ1) is 17.6. The van der Waals surface area contributed by atoms with Crippen LogP contribution in [0.5, 0.6) is 0 Å². The smallest absolute Gasteiger partial charge is 0.225 e. The third kappa shape index (κ3) is 4.81. The van der Waals surface area contributed by atoms with Crippen LogP contribution in [-0.4, -0.2) is 55.8 Å². The fourth-order valence-corrected chi connectivity index (χ4v) is 2.79. The molecule has 1 rings (SSSR count). The molecule has 0 aromatic rings. The van der Waals surface area contributed by atoms with Crippen LogP contribution >= 0.6 is 0 Å². The SMILES string of the molecule is COC(C(C)C(=O)NCC[C@H](C)C=O)C1CCCN1C=O. The monoisotopic (exact) mass is 298 g/mol. The highest BCUT2D eigenvalue weighted by Crippen LogP contribution is 2.24. The van der Waals surface area contributed by atoms with Gasteiger partial charge in [-0.3, -0.25) is 9.59 Å². The normalized spacial score (nSPS) is 22.4. The summed E-state index contributed by atoms with van der Waals surface area (Å²) in [4.78, 5) is 35.5. The van der Waals surface area contributed by atoms with E-state index in [4.69, 9.17) is 4.74 Å². The van der Waals surface area contributed by atoms with Gasteiger partial charge in [0.25, 0.3) is 0 Å². The van der Waals surface area contributed by atoms with Gasteiger partial charge in [0.2, 0.25) is 12.3 Å². The number of amides is 2. The number of ether oxygens (including phenoxy) is 1. The summed E-state index contributed by atoms with van der Waals surface area (Å²) in [5.41, 5.74) is 0. The molecule has 0 aromatic carbocycles. The number of rotatable bonds is 9. The van der Waals surface area contributed by atoms with Crippen molar-refractivity contribution in [3.63, 3.8) is 0 Å². The maximum atomic E-state index is 12.2. The molecule has 1 aliphatic rings. The minimum atomic E-state index is -0.341. The lowest BCUT2D eigenvalue weighted by atomic mass is 9.95. The summed E-state index contributed by atoms with van der Waals surface area (Å²) in [6.45, 7) is 4.83. The zero-order chi connectivity index (χ0) is 15.8. The van der Waals surface area contributed by atoms with Crippen molar-refractivity contribution in [1.29, 1.82) is 0 Å². The summed E-state index contributed by atoms with van der Waals surface area (Å²) >= 11 is 0. The van der Waals surface area contributed by atoms with Gasteiger partial charge >= 0.3 is 0 Å². The van der Waals surface area contributed by atoms with Gasteiger partial charge in [0, 0.05) is 26.1 Å². The highest BCUT2D eigenvalue weighted by atomic mass is 16.5. The lowest BCUT2D eigenvalue weighted by molar-refractivity contribution is -0.133. The Morgan fingerprint density at radius 1 is 1.43 bits per heavy atom. The van der Waals surface area contributed by atoms with E-state index in [-0.39, 0.29) is 29.9 Å². The highest BCUT2D eigenvalue weighted by molar-refractivity contribution is 5.79. The molecule has 3 unspecified atom stereocenters. The van der Waals surface area contributed by atoms with Crippen LogP contribution in [0.15, 0.2) is 0 Å². The van der Waals surface area contributed by atoms with Gasteiger partial charge in [-0.2, -0.15) is 0 Å². The molecule has 2 amide bonds. The Morgan fingerprint density at radius 2 is 2.14 bits per heavy atom. The molecule has 1 N–H and O–H groups in total. The zero-order valence-corrected chi connectivity index (χ0v) is 13.1. The van der Waals surface area contributed by atoms with E-state index >= 15 is 0 Å². The number of carbonyl (C=O) groups excluding carboxylic acids is 3. The zero-order valence-electron chi connectivity index (χ0n) is 13.1. The van der Waals surface area contributed by atoms with Crippen LogP contribution in [0.25, 0.3) is 0 Å². The van der Waals surface area contributed by atoms with Crippen LogP contribution in [0.1, 0.15) is 33.1 Å². The molecule has 120 valence electrons. The quantitative estimate of drug-likeness (QED) is 0.633. The Labute approximate surface area is 126 Å². The van der Waals surface area contributed by atoms with Gasteiger partial charge in [0.1, 0.15) is 6.29 Å². The lowest BCUT2D eigenvalue weighted by Crippen LogP contribution is -2.47. The fourth-order valence-electron chi connectivity index (χ4n) is 2.79. The first-order valence-electron chi connectivity index (χ1n) is 7.52. The summed E-state index contributed by atoms with van der Waals surface area (Å²) < 4.78 is 5.48. The van der Waals surface area contributed by atoms with E-state index in [1.807, 2.05) is 13.8 Å². The first-order chi connectivity index (χ1) is 10.0. The van der Waals surface area contributed by atoms with E-state index < -0.39 is 0 Å². The van der Waals surface area contributed by atoms with Gasteiger partial charge in [-0.25, -0.2) is 0 Å². The number of hydrogen-bond acceptors (Lipinski definition) is 4. The molecule has 1 saturated heterocycles. The van der Waals surface area contributed by atoms with Crippen molar-refractivity contribution >= 4 is 18.6 Å². The van der Waals surface area contributed by atoms with Crippen molar-refractivity contribution in [1.82, 2.24) is 10.2 Å². The first-order valence-corrected chi connectivity index (χ1v) is 7.52. The molecule has 0 aliphatic carbocycles. The van der Waals surface area contributed by atoms with Gasteiger partial charge in [-0.05, 0) is 19.3 Å². The van der Waals surface area contributed by atoms with Crippen molar-refractivity contribution in [2.75, 3.05) is 20.2 Å². The maximum Gasteiger partial charge on any atom is 0.225 e. The second-order valence-corrected chi connectivity index (χ2v) is 5.73. The van der Waals surface area contributed by atoms with Crippen molar-refractivity contribution in [2.24, 2.45) is 11.8 Å². The molecule has 0 spiro atoms. The van der Waals surface area contributed by atoms with Crippen LogP contribution < -0.4 is 5.32 Å². The van der Waals surface area contributed by atoms with E-state index in [0.717, 1.165) is 32.1 Å². The summed E-state index contributed by atoms with van der Waals surface area (Å²) in [5.74, 6) is -0.496. The molecule has 6 heteroatoms. The van der Waals surface area contributed by atoms with Gasteiger partial charge in [0.05, 0.1) is 18.1 Å². The van der Waals surface area contributed by atoms with Crippen molar-refractivity contribution < 1.29 is 19.1 Å². The van der Waals surface area contributed by atoms with E-state index in [2.05, 4.69) is 5.32 Å². The van der Waals surface area contributed by atoms with Crippen LogP contribution in [0.2, 0.25) is 0 Å².